The lowest BCUT2D eigenvalue weighted by molar-refractivity contribution is -0.143. The maximum Gasteiger partial charge on any atom is 0.438 e. The number of halogens is 3. The van der Waals surface area contributed by atoms with Gasteiger partial charge in [-0.2, -0.15) is 18.2 Å². The smallest absolute Gasteiger partial charge is 0.438 e. The molecular formula is C36H46F3N7O8S. The summed E-state index contributed by atoms with van der Waals surface area (Å²) in [7, 11) is -3.99. The molecule has 0 unspecified atom stereocenters. The van der Waals surface area contributed by atoms with Crippen LogP contribution < -0.4 is 20.1 Å². The summed E-state index contributed by atoms with van der Waals surface area (Å²) >= 11 is 0. The minimum absolute atomic E-state index is 0.0806. The molecule has 3 fully saturated rings. The number of amides is 4. The van der Waals surface area contributed by atoms with Crippen molar-refractivity contribution in [1.82, 2.24) is 35.2 Å². The van der Waals surface area contributed by atoms with Crippen molar-refractivity contribution in [3.05, 3.63) is 36.2 Å². The Morgan fingerprint density at radius 1 is 1.11 bits per heavy atom. The van der Waals surface area contributed by atoms with Crippen molar-refractivity contribution in [2.75, 3.05) is 6.54 Å². The summed E-state index contributed by atoms with van der Waals surface area (Å²) in [5.41, 5.74) is -4.25. The van der Waals surface area contributed by atoms with Gasteiger partial charge in [-0.05, 0) is 77.3 Å². The number of allylic oxidation sites excluding steroid dienone is 1. The molecule has 0 bridgehead atoms. The highest BCUT2D eigenvalue weighted by Crippen LogP contribution is 2.46. The van der Waals surface area contributed by atoms with Crippen molar-refractivity contribution < 1.29 is 50.2 Å². The van der Waals surface area contributed by atoms with Gasteiger partial charge < -0.3 is 25.0 Å². The Morgan fingerprint density at radius 3 is 2.53 bits per heavy atom. The number of carbonyl (C=O) groups excluding carboxylic acids is 4. The second-order valence-electron chi connectivity index (χ2n) is 15.7. The van der Waals surface area contributed by atoms with Crippen molar-refractivity contribution in [3.8, 4) is 5.88 Å². The summed E-state index contributed by atoms with van der Waals surface area (Å²) in [6.07, 6.45) is 1.30. The average Bonchev–Trinajstić information content (AvgIpc) is 4.02. The SMILES string of the molecule is CC[C@@H]1CCCC/C=C\[C@@H]2C[C@@]2(C(=O)NS(=O)(=O)C2CC2)NC(=O)[C@@H]2C[C@@H](Oc3nc4ncccc4nc3C(F)(F)F)CN2C(=O)[C@H]1NC(=O)OC(C)(C)C. The molecule has 1 saturated heterocycles. The summed E-state index contributed by atoms with van der Waals surface area (Å²) in [6.45, 7) is 6.42. The van der Waals surface area contributed by atoms with Gasteiger partial charge in [0.15, 0.2) is 5.65 Å². The Bertz CT molecular complexity index is 1970. The first-order chi connectivity index (χ1) is 25.8. The lowest BCUT2D eigenvalue weighted by Gasteiger charge is -2.33. The van der Waals surface area contributed by atoms with Gasteiger partial charge in [-0.3, -0.25) is 19.1 Å². The van der Waals surface area contributed by atoms with E-state index in [0.717, 1.165) is 4.90 Å². The van der Waals surface area contributed by atoms with Crippen LogP contribution in [-0.2, 0) is 35.3 Å². The van der Waals surface area contributed by atoms with E-state index >= 15 is 0 Å². The van der Waals surface area contributed by atoms with Gasteiger partial charge in [-0.15, -0.1) is 0 Å². The van der Waals surface area contributed by atoms with Crippen LogP contribution in [0.15, 0.2) is 30.5 Å². The van der Waals surface area contributed by atoms with Crippen LogP contribution in [0.5, 0.6) is 5.88 Å². The Hall–Kier alpha value is -4.55. The molecule has 2 aromatic rings. The topological polar surface area (TPSA) is 199 Å². The van der Waals surface area contributed by atoms with Crippen LogP contribution in [0.25, 0.3) is 11.2 Å². The Morgan fingerprint density at radius 2 is 1.85 bits per heavy atom. The van der Waals surface area contributed by atoms with Gasteiger partial charge in [0.2, 0.25) is 33.4 Å². The number of aromatic nitrogens is 3. The van der Waals surface area contributed by atoms with Crippen LogP contribution in [0.4, 0.5) is 18.0 Å². The molecule has 2 aromatic heterocycles. The van der Waals surface area contributed by atoms with Gasteiger partial charge in [0.1, 0.15) is 34.8 Å². The molecule has 4 heterocycles. The van der Waals surface area contributed by atoms with Crippen LogP contribution >= 0.6 is 0 Å². The van der Waals surface area contributed by atoms with Gasteiger partial charge in [-0.1, -0.05) is 31.9 Å². The summed E-state index contributed by atoms with van der Waals surface area (Å²) in [4.78, 5) is 68.7. The molecule has 19 heteroatoms. The Kier molecular flexibility index (Phi) is 11.1. The number of sulfonamides is 1. The maximum absolute atomic E-state index is 14.7. The fourth-order valence-corrected chi connectivity index (χ4v) is 8.54. The summed E-state index contributed by atoms with van der Waals surface area (Å²) in [5, 5.41) is 4.70. The van der Waals surface area contributed by atoms with Crippen LogP contribution in [0.1, 0.15) is 91.2 Å². The molecular weight excluding hydrogens is 747 g/mol. The van der Waals surface area contributed by atoms with Crippen LogP contribution in [0.2, 0.25) is 0 Å². The molecule has 6 rings (SSSR count). The number of hydrogen-bond acceptors (Lipinski definition) is 11. The third-order valence-electron chi connectivity index (χ3n) is 10.3. The van der Waals surface area contributed by atoms with E-state index in [1.807, 2.05) is 13.0 Å². The highest BCUT2D eigenvalue weighted by Gasteiger charge is 2.62. The van der Waals surface area contributed by atoms with Crippen molar-refractivity contribution >= 4 is 45.0 Å². The predicted molar refractivity (Wildman–Crippen MR) is 190 cm³/mol. The molecule has 300 valence electrons. The fraction of sp³-hybridized carbons (Fsp3) is 0.639. The first-order valence-electron chi connectivity index (χ1n) is 18.5. The Labute approximate surface area is 316 Å². The zero-order chi connectivity index (χ0) is 39.9. The number of carbonyl (C=O) groups is 4. The van der Waals surface area contributed by atoms with E-state index in [4.69, 9.17) is 9.47 Å². The molecule has 4 amide bonds. The third-order valence-corrected chi connectivity index (χ3v) is 12.1. The normalized spacial score (nSPS) is 28.5. The zero-order valence-electron chi connectivity index (χ0n) is 31.0. The van der Waals surface area contributed by atoms with Gasteiger partial charge in [0.25, 0.3) is 5.91 Å². The largest absolute Gasteiger partial charge is 0.471 e. The number of nitrogens with one attached hydrogen (secondary N) is 3. The lowest BCUT2D eigenvalue weighted by atomic mass is 9.89. The van der Waals surface area contributed by atoms with E-state index in [-0.39, 0.29) is 24.0 Å². The van der Waals surface area contributed by atoms with E-state index in [9.17, 15) is 40.8 Å². The second-order valence-corrected chi connectivity index (χ2v) is 17.6. The van der Waals surface area contributed by atoms with E-state index in [1.165, 1.54) is 18.3 Å². The van der Waals surface area contributed by atoms with Gasteiger partial charge in [-0.25, -0.2) is 23.2 Å². The molecule has 2 aliphatic carbocycles. The second kappa shape index (κ2) is 15.2. The first-order valence-corrected chi connectivity index (χ1v) is 20.1. The molecule has 0 spiro atoms. The summed E-state index contributed by atoms with van der Waals surface area (Å²) in [5.74, 6) is -4.36. The highest BCUT2D eigenvalue weighted by atomic mass is 32.2. The first kappa shape index (κ1) is 40.1. The van der Waals surface area contributed by atoms with Crippen LogP contribution in [0.3, 0.4) is 0 Å². The minimum Gasteiger partial charge on any atom is -0.471 e. The molecule has 55 heavy (non-hydrogen) atoms. The maximum atomic E-state index is 14.7. The van der Waals surface area contributed by atoms with Crippen LogP contribution in [0, 0.1) is 11.8 Å². The monoisotopic (exact) mass is 793 g/mol. The molecule has 2 saturated carbocycles. The van der Waals surface area contributed by atoms with Crippen molar-refractivity contribution in [3.63, 3.8) is 0 Å². The zero-order valence-corrected chi connectivity index (χ0v) is 31.8. The average molecular weight is 794 g/mol. The minimum atomic E-state index is -4.99. The van der Waals surface area contributed by atoms with Crippen LogP contribution in [-0.4, -0.2) is 93.2 Å². The van der Waals surface area contributed by atoms with Gasteiger partial charge >= 0.3 is 12.3 Å². The van der Waals surface area contributed by atoms with E-state index < -0.39 is 105 Å². The number of fused-ring (bicyclic) bond motifs is 3. The summed E-state index contributed by atoms with van der Waals surface area (Å²) < 4.78 is 81.9. The molecule has 0 radical (unpaired) electrons. The number of alkyl halides is 3. The molecule has 0 aromatic carbocycles. The number of ether oxygens (including phenoxy) is 2. The predicted octanol–water partition coefficient (Wildman–Crippen LogP) is 3.92. The van der Waals surface area contributed by atoms with Crippen molar-refractivity contribution in [2.24, 2.45) is 11.8 Å². The summed E-state index contributed by atoms with van der Waals surface area (Å²) in [6, 6.07) is 0.0938. The molecule has 6 atom stereocenters. The van der Waals surface area contributed by atoms with E-state index in [1.54, 1.807) is 26.8 Å². The van der Waals surface area contributed by atoms with Gasteiger partial charge in [0.05, 0.1) is 11.8 Å². The number of pyridine rings is 1. The highest BCUT2D eigenvalue weighted by molar-refractivity contribution is 7.91. The number of hydrogen-bond donors (Lipinski definition) is 3. The molecule has 3 N–H and O–H groups in total. The quantitative estimate of drug-likeness (QED) is 0.344. The molecule has 15 nitrogen and oxygen atoms in total. The number of rotatable bonds is 7. The molecule has 2 aliphatic heterocycles. The lowest BCUT2D eigenvalue weighted by Crippen LogP contribution is -2.59. The molecule has 4 aliphatic rings. The number of nitrogens with zero attached hydrogens (tertiary/aromatic N) is 4. The van der Waals surface area contributed by atoms with Crippen molar-refractivity contribution in [2.45, 2.75) is 126 Å². The fourth-order valence-electron chi connectivity index (χ4n) is 7.18. The van der Waals surface area contributed by atoms with Crippen molar-refractivity contribution in [1.29, 1.82) is 0 Å². The Balaban J connectivity index is 1.37. The number of alkyl carbamates (subject to hydrolysis) is 1. The standard InChI is InChI=1S/C36H46F3N7O8S/c1-5-20-11-8-6-7-9-12-21-18-35(21,32(49)45-55(51,52)23-14-15-23)44-29(47)25-17-22(19-46(25)31(48)26(20)42-33(50)54-34(2,3)4)53-30-27(36(37,38)39)41-24-13-10-16-40-28(24)43-30/h9-10,12-13,16,20-23,25-26H,5-8,11,14-15,17-19H2,1-4H3,(H,42,50)(H,44,47)(H,45,49)/b12-9-/t20-,21-,22-,25+,26+,35-/m1/s1. The van der Waals surface area contributed by atoms with E-state index in [0.29, 0.717) is 44.9 Å². The third kappa shape index (κ3) is 9.13. The van der Waals surface area contributed by atoms with E-state index in [2.05, 4.69) is 30.3 Å². The van der Waals surface area contributed by atoms with Gasteiger partial charge in [0, 0.05) is 18.5 Å².